The molecule has 42 heavy (non-hydrogen) atoms. The van der Waals surface area contributed by atoms with Gasteiger partial charge in [0, 0.05) is 55.6 Å². The number of anilines is 1. The van der Waals surface area contributed by atoms with Gasteiger partial charge < -0.3 is 15.4 Å². The Hall–Kier alpha value is -3.94. The molecule has 14 heteroatoms. The quantitative estimate of drug-likeness (QED) is 0.260. The molecule has 1 amide bonds. The number of pyridine rings is 1. The van der Waals surface area contributed by atoms with Crippen LogP contribution in [0, 0.1) is 11.6 Å². The summed E-state index contributed by atoms with van der Waals surface area (Å²) < 4.78 is 71.4. The lowest BCUT2D eigenvalue weighted by atomic mass is 10.1. The Kier molecular flexibility index (Phi) is 8.80. The number of fused-ring (bicyclic) bond motifs is 1. The highest BCUT2D eigenvalue weighted by molar-refractivity contribution is 6.35. The van der Waals surface area contributed by atoms with Crippen molar-refractivity contribution in [3.05, 3.63) is 94.0 Å². The average Bonchev–Trinajstić information content (AvgIpc) is 2.96. The molecule has 0 spiro atoms. The molecule has 2 aromatic carbocycles. The fraction of sp³-hybridized carbons (Fsp3) is 0.286. The lowest BCUT2D eigenvalue weighted by molar-refractivity contribution is -0.145. The predicted octanol–water partition coefficient (Wildman–Crippen LogP) is 5.39. The highest BCUT2D eigenvalue weighted by atomic mass is 35.5. The summed E-state index contributed by atoms with van der Waals surface area (Å²) in [5, 5.41) is 6.49. The molecule has 2 aromatic heterocycles. The minimum absolute atomic E-state index is 0.0392. The maximum atomic E-state index is 13.5. The minimum atomic E-state index is -4.67. The molecule has 1 saturated heterocycles. The Bertz CT molecular complexity index is 1560. The number of alkyl halides is 3. The highest BCUT2D eigenvalue weighted by Gasteiger charge is 2.35. The number of ether oxygens (including phenoxy) is 1. The van der Waals surface area contributed by atoms with Crippen LogP contribution >= 0.6 is 11.6 Å². The summed E-state index contributed by atoms with van der Waals surface area (Å²) in [6.45, 7) is 2.01. The van der Waals surface area contributed by atoms with Gasteiger partial charge >= 0.3 is 6.18 Å². The van der Waals surface area contributed by atoms with E-state index in [-0.39, 0.29) is 23.7 Å². The van der Waals surface area contributed by atoms with Crippen LogP contribution in [0.1, 0.15) is 33.4 Å². The van der Waals surface area contributed by atoms with Gasteiger partial charge in [0.15, 0.2) is 0 Å². The van der Waals surface area contributed by atoms with Crippen molar-refractivity contribution >= 4 is 34.2 Å². The molecule has 1 unspecified atom stereocenters. The van der Waals surface area contributed by atoms with Gasteiger partial charge in [-0.25, -0.2) is 23.7 Å². The second-order valence-corrected chi connectivity index (χ2v) is 9.94. The van der Waals surface area contributed by atoms with Crippen molar-refractivity contribution in [3.8, 4) is 0 Å². The van der Waals surface area contributed by atoms with Gasteiger partial charge in [0.05, 0.1) is 35.4 Å². The maximum Gasteiger partial charge on any atom is 0.451 e. The molecule has 1 aliphatic heterocycles. The number of nitrogens with zero attached hydrogens (tertiary/aromatic N) is 4. The van der Waals surface area contributed by atoms with Crippen LogP contribution in [0.3, 0.4) is 0 Å². The Morgan fingerprint density at radius 1 is 1.02 bits per heavy atom. The van der Waals surface area contributed by atoms with Crippen LogP contribution in [-0.2, 0) is 17.5 Å². The number of rotatable bonds is 8. The van der Waals surface area contributed by atoms with Crippen LogP contribution in [0.25, 0.3) is 10.9 Å². The molecular formula is C28H24ClF5N6O2. The molecule has 0 bridgehead atoms. The van der Waals surface area contributed by atoms with E-state index in [4.69, 9.17) is 16.3 Å². The van der Waals surface area contributed by atoms with Crippen molar-refractivity contribution < 1.29 is 31.5 Å². The fourth-order valence-electron chi connectivity index (χ4n) is 4.69. The van der Waals surface area contributed by atoms with E-state index in [1.165, 1.54) is 18.2 Å². The number of carbonyl (C=O) groups is 1. The van der Waals surface area contributed by atoms with Gasteiger partial charge in [-0.1, -0.05) is 11.6 Å². The fourth-order valence-corrected chi connectivity index (χ4v) is 4.94. The normalized spacial score (nSPS) is 15.0. The molecule has 1 fully saturated rings. The standard InChI is InChI=1S/C28H24ClF5N6O2/c29-21-2-3-22-20(1-4-24(39-22)35-12-16-9-18(30)11-19(31)10-16)25(21)26(41)36-15-23(40-5-7-42-8-6-40)17-13-37-27(38-14-17)28(32,33)34/h1-4,9-11,13-14,23H,5-8,12,15H2,(H,35,39)(H,36,41). The van der Waals surface area contributed by atoms with E-state index < -0.39 is 35.6 Å². The third-order valence-corrected chi connectivity index (χ3v) is 7.01. The number of amides is 1. The first-order valence-electron chi connectivity index (χ1n) is 12.9. The second-order valence-electron chi connectivity index (χ2n) is 9.53. The highest BCUT2D eigenvalue weighted by Crippen LogP contribution is 2.29. The van der Waals surface area contributed by atoms with Gasteiger partial charge in [0.25, 0.3) is 5.91 Å². The molecule has 3 heterocycles. The second kappa shape index (κ2) is 12.5. The van der Waals surface area contributed by atoms with E-state index in [9.17, 15) is 26.7 Å². The van der Waals surface area contributed by atoms with Crippen LogP contribution in [0.4, 0.5) is 27.8 Å². The molecule has 8 nitrogen and oxygen atoms in total. The summed E-state index contributed by atoms with van der Waals surface area (Å²) >= 11 is 6.42. The van der Waals surface area contributed by atoms with Crippen LogP contribution in [0.2, 0.25) is 5.02 Å². The van der Waals surface area contributed by atoms with Crippen molar-refractivity contribution in [2.45, 2.75) is 18.8 Å². The molecule has 0 aliphatic carbocycles. The SMILES string of the molecule is O=C(NCC(c1cnc(C(F)(F)F)nc1)N1CCOCC1)c1c(Cl)ccc2nc(NCc3cc(F)cc(F)c3)ccc12. The van der Waals surface area contributed by atoms with E-state index >= 15 is 0 Å². The van der Waals surface area contributed by atoms with Crippen molar-refractivity contribution in [2.75, 3.05) is 38.2 Å². The number of nitrogens with one attached hydrogen (secondary N) is 2. The van der Waals surface area contributed by atoms with Gasteiger partial charge in [-0.15, -0.1) is 0 Å². The van der Waals surface area contributed by atoms with Gasteiger partial charge in [0.2, 0.25) is 5.82 Å². The lowest BCUT2D eigenvalue weighted by Gasteiger charge is -2.34. The summed E-state index contributed by atoms with van der Waals surface area (Å²) in [4.78, 5) is 26.8. The smallest absolute Gasteiger partial charge is 0.379 e. The summed E-state index contributed by atoms with van der Waals surface area (Å²) in [5.74, 6) is -2.72. The Morgan fingerprint density at radius 2 is 1.71 bits per heavy atom. The molecule has 1 aliphatic rings. The average molecular weight is 607 g/mol. The number of morpholine rings is 1. The van der Waals surface area contributed by atoms with E-state index in [0.29, 0.717) is 54.2 Å². The van der Waals surface area contributed by atoms with Gasteiger partial charge in [-0.3, -0.25) is 9.69 Å². The van der Waals surface area contributed by atoms with E-state index in [1.807, 2.05) is 4.90 Å². The van der Waals surface area contributed by atoms with Crippen LogP contribution in [0.15, 0.2) is 54.9 Å². The van der Waals surface area contributed by atoms with Crippen molar-refractivity contribution in [1.82, 2.24) is 25.2 Å². The number of carbonyl (C=O) groups excluding carboxylic acids is 1. The monoisotopic (exact) mass is 606 g/mol. The molecule has 220 valence electrons. The van der Waals surface area contributed by atoms with Crippen molar-refractivity contribution in [2.24, 2.45) is 0 Å². The van der Waals surface area contributed by atoms with Gasteiger partial charge in [-0.05, 0) is 42.0 Å². The van der Waals surface area contributed by atoms with Crippen LogP contribution < -0.4 is 10.6 Å². The Morgan fingerprint density at radius 3 is 2.38 bits per heavy atom. The molecule has 1 atom stereocenters. The first kappa shape index (κ1) is 29.5. The van der Waals surface area contributed by atoms with Crippen LogP contribution in [0.5, 0.6) is 0 Å². The van der Waals surface area contributed by atoms with Crippen molar-refractivity contribution in [3.63, 3.8) is 0 Å². The minimum Gasteiger partial charge on any atom is -0.379 e. The Labute approximate surface area is 241 Å². The predicted molar refractivity (Wildman–Crippen MR) is 145 cm³/mol. The summed E-state index contributed by atoms with van der Waals surface area (Å²) in [6.07, 6.45) is -2.44. The largest absolute Gasteiger partial charge is 0.451 e. The summed E-state index contributed by atoms with van der Waals surface area (Å²) in [6, 6.07) is 9.12. The zero-order valence-corrected chi connectivity index (χ0v) is 22.6. The third-order valence-electron chi connectivity index (χ3n) is 6.70. The lowest BCUT2D eigenvalue weighted by Crippen LogP contribution is -2.44. The van der Waals surface area contributed by atoms with E-state index in [0.717, 1.165) is 18.5 Å². The number of benzene rings is 2. The van der Waals surface area contributed by atoms with Gasteiger partial charge in [0.1, 0.15) is 17.5 Å². The van der Waals surface area contributed by atoms with E-state index in [2.05, 4.69) is 25.6 Å². The number of hydrogen-bond acceptors (Lipinski definition) is 7. The molecular weight excluding hydrogens is 583 g/mol. The van der Waals surface area contributed by atoms with E-state index in [1.54, 1.807) is 18.2 Å². The molecule has 4 aromatic rings. The molecule has 0 saturated carbocycles. The third kappa shape index (κ3) is 6.92. The maximum absolute atomic E-state index is 13.5. The first-order chi connectivity index (χ1) is 20.1. The zero-order chi connectivity index (χ0) is 29.9. The molecule has 0 radical (unpaired) electrons. The first-order valence-corrected chi connectivity index (χ1v) is 13.2. The Balaban J connectivity index is 1.34. The molecule has 2 N–H and O–H groups in total. The van der Waals surface area contributed by atoms with Crippen molar-refractivity contribution in [1.29, 1.82) is 0 Å². The summed E-state index contributed by atoms with van der Waals surface area (Å²) in [7, 11) is 0. The van der Waals surface area contributed by atoms with Gasteiger partial charge in [-0.2, -0.15) is 13.2 Å². The number of hydrogen-bond donors (Lipinski definition) is 2. The zero-order valence-electron chi connectivity index (χ0n) is 21.9. The number of halogens is 6. The topological polar surface area (TPSA) is 92.3 Å². The van der Waals surface area contributed by atoms with Crippen LogP contribution in [-0.4, -0.2) is 58.6 Å². The number of aromatic nitrogens is 3. The molecule has 5 rings (SSSR count). The summed E-state index contributed by atoms with van der Waals surface area (Å²) in [5.41, 5.74) is 1.41.